The molecule has 1 heterocycles. The lowest BCUT2D eigenvalue weighted by molar-refractivity contribution is -0.142. The zero-order valence-corrected chi connectivity index (χ0v) is 34.5. The van der Waals surface area contributed by atoms with Crippen LogP contribution in [0.2, 0.25) is 0 Å². The van der Waals surface area contributed by atoms with E-state index in [-0.39, 0.29) is 30.5 Å². The minimum atomic E-state index is -0.272. The van der Waals surface area contributed by atoms with Gasteiger partial charge in [0.15, 0.2) is 0 Å². The first-order valence-electron chi connectivity index (χ1n) is 21.2. The standard InChI is InChI=1S/C28H50O5.C8H18O.C7H14N2O2/c1-4-7-9-11-12-13-14-16-21-31-23-27(24-32-25-29)26(19-15-10-8-5-2)20-17-22-33-28(30)18-6-3;1-2-3-4-5-6-7-8-9;8-7(11)2-4-9-3-1-6(10)5-9/h17,19-20,25,27H,4-16,18,21-24H2,1-3H3;9H,2-8H2,1H3;6,10H,1-5H2,(H2,8,11)/b20-17-,26-19+;;. The molecule has 0 aromatic heterocycles. The summed E-state index contributed by atoms with van der Waals surface area (Å²) < 4.78 is 16.3. The predicted octanol–water partition coefficient (Wildman–Crippen LogP) is 8.61. The maximum atomic E-state index is 11.6. The van der Waals surface area contributed by atoms with Crippen LogP contribution in [0.15, 0.2) is 23.8 Å². The zero-order valence-electron chi connectivity index (χ0n) is 34.5. The third-order valence-corrected chi connectivity index (χ3v) is 9.02. The van der Waals surface area contributed by atoms with Crippen molar-refractivity contribution >= 4 is 18.3 Å². The van der Waals surface area contributed by atoms with Gasteiger partial charge in [-0.25, -0.2) is 0 Å². The second kappa shape index (κ2) is 42.5. The summed E-state index contributed by atoms with van der Waals surface area (Å²) in [7, 11) is 0. The Hall–Kier alpha value is -2.27. The Morgan fingerprint density at radius 3 is 1.96 bits per heavy atom. The van der Waals surface area contributed by atoms with Gasteiger partial charge in [0.05, 0.1) is 12.7 Å². The molecular formula is C43H82N2O8. The van der Waals surface area contributed by atoms with Crippen LogP contribution in [0.25, 0.3) is 0 Å². The Balaban J connectivity index is 0. The number of rotatable bonds is 33. The molecule has 1 aliphatic rings. The molecule has 1 saturated heterocycles. The van der Waals surface area contributed by atoms with Crippen LogP contribution in [-0.4, -0.2) is 92.2 Å². The molecule has 2 atom stereocenters. The second-order valence-corrected chi connectivity index (χ2v) is 14.2. The van der Waals surface area contributed by atoms with E-state index in [4.69, 9.17) is 30.2 Å². The molecule has 4 N–H and O–H groups in total. The Bertz CT molecular complexity index is 876. The van der Waals surface area contributed by atoms with Crippen LogP contribution in [0, 0.1) is 5.92 Å². The van der Waals surface area contributed by atoms with Crippen molar-refractivity contribution in [3.8, 4) is 0 Å². The van der Waals surface area contributed by atoms with Crippen LogP contribution < -0.4 is 5.73 Å². The lowest BCUT2D eigenvalue weighted by Crippen LogP contribution is -2.26. The van der Waals surface area contributed by atoms with Gasteiger partial charge in [-0.3, -0.25) is 14.4 Å². The number of carbonyl (C=O) groups excluding carboxylic acids is 3. The first-order chi connectivity index (χ1) is 25.8. The number of unbranched alkanes of at least 4 members (excludes halogenated alkanes) is 15. The maximum absolute atomic E-state index is 11.6. The van der Waals surface area contributed by atoms with Crippen LogP contribution >= 0.6 is 0 Å². The van der Waals surface area contributed by atoms with Crippen LogP contribution in [0.1, 0.15) is 169 Å². The molecule has 1 rings (SSSR count). The maximum Gasteiger partial charge on any atom is 0.306 e. The average molecular weight is 755 g/mol. The summed E-state index contributed by atoms with van der Waals surface area (Å²) in [6, 6.07) is 0. The number of nitrogens with two attached hydrogens (primary N) is 1. The van der Waals surface area contributed by atoms with E-state index >= 15 is 0 Å². The zero-order chi connectivity index (χ0) is 39.6. The Kier molecular flexibility index (Phi) is 42.3. The minimum absolute atomic E-state index is 0.0199. The number of hydrogen-bond donors (Lipinski definition) is 3. The van der Waals surface area contributed by atoms with Crippen molar-refractivity contribution < 1.29 is 38.8 Å². The van der Waals surface area contributed by atoms with Crippen LogP contribution in [0.3, 0.4) is 0 Å². The van der Waals surface area contributed by atoms with Gasteiger partial charge in [0.2, 0.25) is 5.91 Å². The van der Waals surface area contributed by atoms with Crippen LogP contribution in [-0.2, 0) is 28.6 Å². The lowest BCUT2D eigenvalue weighted by atomic mass is 9.98. The molecule has 2 unspecified atom stereocenters. The first-order valence-corrected chi connectivity index (χ1v) is 21.2. The van der Waals surface area contributed by atoms with Gasteiger partial charge in [-0.05, 0) is 50.2 Å². The molecule has 0 radical (unpaired) electrons. The van der Waals surface area contributed by atoms with Crippen molar-refractivity contribution in [3.05, 3.63) is 23.8 Å². The highest BCUT2D eigenvalue weighted by atomic mass is 16.5. The number of esters is 1. The van der Waals surface area contributed by atoms with Gasteiger partial charge in [-0.15, -0.1) is 0 Å². The first kappa shape index (κ1) is 52.8. The molecule has 10 nitrogen and oxygen atoms in total. The molecule has 1 amide bonds. The van der Waals surface area contributed by atoms with Gasteiger partial charge in [0.25, 0.3) is 6.47 Å². The SMILES string of the molecule is CCCCC/C=C(\C=C/COC(=O)CCC)C(COC=O)COCCCCCCCCCC.CCCCCCCCO.NC(=O)CCN1CCC(O)C1. The summed E-state index contributed by atoms with van der Waals surface area (Å²) in [5, 5.41) is 17.5. The van der Waals surface area contributed by atoms with E-state index in [0.29, 0.717) is 52.2 Å². The van der Waals surface area contributed by atoms with Gasteiger partial charge in [-0.1, -0.05) is 130 Å². The molecule has 312 valence electrons. The van der Waals surface area contributed by atoms with Gasteiger partial charge < -0.3 is 35.1 Å². The van der Waals surface area contributed by atoms with Gasteiger partial charge in [0, 0.05) is 51.6 Å². The number of nitrogens with zero attached hydrogens (tertiary/aromatic N) is 1. The number of aliphatic hydroxyl groups excluding tert-OH is 2. The molecule has 0 aromatic rings. The molecule has 53 heavy (non-hydrogen) atoms. The van der Waals surface area contributed by atoms with E-state index in [1.165, 1.54) is 89.9 Å². The molecule has 0 aromatic carbocycles. The molecule has 1 fully saturated rings. The van der Waals surface area contributed by atoms with E-state index in [1.54, 1.807) is 0 Å². The average Bonchev–Trinajstić information content (AvgIpc) is 3.57. The highest BCUT2D eigenvalue weighted by Crippen LogP contribution is 2.18. The quantitative estimate of drug-likeness (QED) is 0.0259. The number of amides is 1. The van der Waals surface area contributed by atoms with Crippen molar-refractivity contribution in [1.82, 2.24) is 4.90 Å². The smallest absolute Gasteiger partial charge is 0.306 e. The molecule has 0 saturated carbocycles. The summed E-state index contributed by atoms with van der Waals surface area (Å²) in [5.41, 5.74) is 6.06. The number of hydrogen-bond acceptors (Lipinski definition) is 9. The number of primary amides is 1. The predicted molar refractivity (Wildman–Crippen MR) is 218 cm³/mol. The van der Waals surface area contributed by atoms with Crippen molar-refractivity contribution in [2.45, 2.75) is 175 Å². The number of β-amino-alcohol motifs (C(OH)–C–C–N with tert-alkyl or cyclic N) is 1. The fraction of sp³-hybridized carbons (Fsp3) is 0.837. The van der Waals surface area contributed by atoms with Crippen molar-refractivity contribution in [1.29, 1.82) is 0 Å². The fourth-order valence-electron chi connectivity index (χ4n) is 5.77. The normalized spacial score (nSPS) is 15.0. The van der Waals surface area contributed by atoms with Crippen molar-refractivity contribution in [2.75, 3.05) is 52.7 Å². The second-order valence-electron chi connectivity index (χ2n) is 14.2. The summed E-state index contributed by atoms with van der Waals surface area (Å²) >= 11 is 0. The topological polar surface area (TPSA) is 149 Å². The molecule has 10 heteroatoms. The highest BCUT2D eigenvalue weighted by Gasteiger charge is 2.19. The number of aliphatic hydroxyl groups is 2. The van der Waals surface area contributed by atoms with E-state index < -0.39 is 0 Å². The summed E-state index contributed by atoms with van der Waals surface area (Å²) in [5.74, 6) is -0.468. The summed E-state index contributed by atoms with van der Waals surface area (Å²) in [6.07, 6.45) is 30.4. The molecule has 0 spiro atoms. The Labute approximate surface area is 324 Å². The molecule has 0 aliphatic carbocycles. The van der Waals surface area contributed by atoms with Crippen molar-refractivity contribution in [2.24, 2.45) is 11.7 Å². The molecule has 0 bridgehead atoms. The minimum Gasteiger partial charge on any atom is -0.467 e. The van der Waals surface area contributed by atoms with E-state index in [1.807, 2.05) is 19.1 Å². The summed E-state index contributed by atoms with van der Waals surface area (Å²) in [6.45, 7) is 13.5. The van der Waals surface area contributed by atoms with E-state index in [0.717, 1.165) is 57.2 Å². The van der Waals surface area contributed by atoms with Crippen LogP contribution in [0.4, 0.5) is 0 Å². The van der Waals surface area contributed by atoms with E-state index in [2.05, 4.69) is 31.7 Å². The number of allylic oxidation sites excluding steroid dienone is 2. The van der Waals surface area contributed by atoms with Gasteiger partial charge in [-0.2, -0.15) is 0 Å². The largest absolute Gasteiger partial charge is 0.467 e. The Morgan fingerprint density at radius 2 is 1.42 bits per heavy atom. The lowest BCUT2D eigenvalue weighted by Gasteiger charge is -2.18. The third-order valence-electron chi connectivity index (χ3n) is 9.02. The van der Waals surface area contributed by atoms with Gasteiger partial charge in [0.1, 0.15) is 13.2 Å². The monoisotopic (exact) mass is 755 g/mol. The third kappa shape index (κ3) is 39.2. The van der Waals surface area contributed by atoms with Gasteiger partial charge >= 0.3 is 5.97 Å². The number of ether oxygens (including phenoxy) is 3. The van der Waals surface area contributed by atoms with Crippen molar-refractivity contribution in [3.63, 3.8) is 0 Å². The number of likely N-dealkylation sites (tertiary alicyclic amines) is 1. The summed E-state index contributed by atoms with van der Waals surface area (Å²) in [4.78, 5) is 34.8. The molecule has 1 aliphatic heterocycles. The molecular weight excluding hydrogens is 672 g/mol. The van der Waals surface area contributed by atoms with Crippen LogP contribution in [0.5, 0.6) is 0 Å². The Morgan fingerprint density at radius 1 is 0.811 bits per heavy atom. The number of carbonyl (C=O) groups is 3. The van der Waals surface area contributed by atoms with E-state index in [9.17, 15) is 14.4 Å². The highest BCUT2D eigenvalue weighted by molar-refractivity contribution is 5.73. The fourth-order valence-corrected chi connectivity index (χ4v) is 5.77.